The minimum absolute atomic E-state index is 0.0658. The predicted molar refractivity (Wildman–Crippen MR) is 81.5 cm³/mol. The number of aliphatic hydroxyl groups is 2. The maximum atomic E-state index is 10.5. The molecule has 2 nitrogen and oxygen atoms in total. The highest BCUT2D eigenvalue weighted by Crippen LogP contribution is 2.80. The van der Waals surface area contributed by atoms with Crippen molar-refractivity contribution in [2.45, 2.75) is 70.5 Å². The smallest absolute Gasteiger partial charge is 0.0596 e. The molecule has 0 heterocycles. The van der Waals surface area contributed by atoms with E-state index in [0.717, 1.165) is 25.2 Å². The third-order valence-corrected chi connectivity index (χ3v) is 8.65. The van der Waals surface area contributed by atoms with Gasteiger partial charge in [0.1, 0.15) is 0 Å². The lowest BCUT2D eigenvalue weighted by Gasteiger charge is -2.53. The molecule has 4 saturated carbocycles. The Morgan fingerprint density at radius 2 is 1.86 bits per heavy atom. The topological polar surface area (TPSA) is 40.5 Å². The first-order chi connectivity index (χ1) is 10.0. The molecular formula is C19H28O2. The normalized spacial score (nSPS) is 64.2. The van der Waals surface area contributed by atoms with Crippen LogP contribution >= 0.6 is 0 Å². The molecule has 0 aromatic rings. The number of hydrogen-bond acceptors (Lipinski definition) is 2. The zero-order chi connectivity index (χ0) is 14.5. The van der Waals surface area contributed by atoms with Gasteiger partial charge in [0.15, 0.2) is 0 Å². The molecule has 0 aliphatic heterocycles. The van der Waals surface area contributed by atoms with Gasteiger partial charge in [-0.2, -0.15) is 0 Å². The zero-order valence-electron chi connectivity index (χ0n) is 13.1. The number of allylic oxidation sites excluding steroid dienone is 2. The quantitative estimate of drug-likeness (QED) is 0.672. The van der Waals surface area contributed by atoms with Gasteiger partial charge in [0, 0.05) is 0 Å². The van der Waals surface area contributed by atoms with Gasteiger partial charge in [-0.25, -0.2) is 0 Å². The average molecular weight is 288 g/mol. The molecule has 21 heavy (non-hydrogen) atoms. The molecule has 0 bridgehead atoms. The van der Waals surface area contributed by atoms with E-state index in [1.54, 1.807) is 0 Å². The van der Waals surface area contributed by atoms with Crippen LogP contribution in [0.5, 0.6) is 0 Å². The van der Waals surface area contributed by atoms with Gasteiger partial charge in [-0.1, -0.05) is 19.1 Å². The molecule has 0 unspecified atom stereocenters. The minimum atomic E-state index is -0.0755. The van der Waals surface area contributed by atoms with Gasteiger partial charge in [-0.05, 0) is 85.4 Å². The predicted octanol–water partition coefficient (Wildman–Crippen LogP) is 3.28. The van der Waals surface area contributed by atoms with E-state index in [1.807, 2.05) is 0 Å². The molecule has 0 radical (unpaired) electrons. The van der Waals surface area contributed by atoms with Crippen LogP contribution in [-0.4, -0.2) is 22.4 Å². The lowest BCUT2D eigenvalue weighted by atomic mass is 9.52. The Kier molecular flexibility index (Phi) is 2.35. The minimum Gasteiger partial charge on any atom is -0.393 e. The van der Waals surface area contributed by atoms with Crippen LogP contribution in [0.4, 0.5) is 0 Å². The summed E-state index contributed by atoms with van der Waals surface area (Å²) in [6.45, 7) is 2.34. The second kappa shape index (κ2) is 3.76. The Labute approximate surface area is 127 Å². The third kappa shape index (κ3) is 1.38. The van der Waals surface area contributed by atoms with E-state index in [0.29, 0.717) is 22.7 Å². The van der Waals surface area contributed by atoms with Crippen LogP contribution in [-0.2, 0) is 0 Å². The lowest BCUT2D eigenvalue weighted by molar-refractivity contribution is -0.0555. The standard InChI is InChI=1S/C19H28O2/c1-17-7-6-15-13(14(17)2-3-16(17)21)5-8-18-10-12(20)4-9-19(15,18)11-18/h5,8,12-16,20-21H,2-4,6-7,9-11H2,1H3/t12-,13-,14-,15-,16+,17-,18-,19-/m0/s1. The van der Waals surface area contributed by atoms with Gasteiger partial charge >= 0.3 is 0 Å². The van der Waals surface area contributed by atoms with Crippen LogP contribution in [0.2, 0.25) is 0 Å². The van der Waals surface area contributed by atoms with E-state index in [2.05, 4.69) is 19.1 Å². The Balaban J connectivity index is 1.53. The van der Waals surface area contributed by atoms with Crippen LogP contribution in [0.25, 0.3) is 0 Å². The molecular weight excluding hydrogens is 260 g/mol. The Hall–Kier alpha value is -0.340. The summed E-state index contributed by atoms with van der Waals surface area (Å²) in [5, 5.41) is 20.5. The average Bonchev–Trinajstić information content (AvgIpc) is 3.05. The van der Waals surface area contributed by atoms with E-state index in [-0.39, 0.29) is 17.6 Å². The van der Waals surface area contributed by atoms with Crippen molar-refractivity contribution in [3.05, 3.63) is 12.2 Å². The molecule has 5 aliphatic carbocycles. The van der Waals surface area contributed by atoms with Gasteiger partial charge in [0.05, 0.1) is 12.2 Å². The van der Waals surface area contributed by atoms with E-state index < -0.39 is 0 Å². The van der Waals surface area contributed by atoms with Crippen LogP contribution < -0.4 is 0 Å². The highest BCUT2D eigenvalue weighted by Gasteiger charge is 2.74. The summed E-state index contributed by atoms with van der Waals surface area (Å²) >= 11 is 0. The van der Waals surface area contributed by atoms with E-state index in [4.69, 9.17) is 0 Å². The highest BCUT2D eigenvalue weighted by atomic mass is 16.3. The van der Waals surface area contributed by atoms with Gasteiger partial charge in [-0.3, -0.25) is 0 Å². The van der Waals surface area contributed by atoms with Gasteiger partial charge in [0.2, 0.25) is 0 Å². The van der Waals surface area contributed by atoms with Crippen molar-refractivity contribution < 1.29 is 10.2 Å². The molecule has 0 spiro atoms. The molecule has 0 saturated heterocycles. The van der Waals surface area contributed by atoms with Gasteiger partial charge < -0.3 is 10.2 Å². The van der Waals surface area contributed by atoms with Crippen molar-refractivity contribution in [2.75, 3.05) is 0 Å². The zero-order valence-corrected chi connectivity index (χ0v) is 13.1. The molecule has 0 aromatic heterocycles. The Bertz CT molecular complexity index is 514. The third-order valence-electron chi connectivity index (χ3n) is 8.65. The monoisotopic (exact) mass is 288 g/mol. The summed E-state index contributed by atoms with van der Waals surface area (Å²) in [4.78, 5) is 0. The molecule has 116 valence electrons. The lowest BCUT2D eigenvalue weighted by Crippen LogP contribution is -2.48. The summed E-state index contributed by atoms with van der Waals surface area (Å²) in [5.41, 5.74) is 1.06. The molecule has 0 amide bonds. The summed E-state index contributed by atoms with van der Waals surface area (Å²) in [6, 6.07) is 0. The van der Waals surface area contributed by atoms with Crippen molar-refractivity contribution >= 4 is 0 Å². The van der Waals surface area contributed by atoms with E-state index >= 15 is 0 Å². The van der Waals surface area contributed by atoms with Gasteiger partial charge in [0.25, 0.3) is 0 Å². The van der Waals surface area contributed by atoms with E-state index in [9.17, 15) is 10.2 Å². The molecule has 0 aromatic carbocycles. The second-order valence-corrected chi connectivity index (χ2v) is 9.17. The first-order valence-electron chi connectivity index (χ1n) is 9.06. The second-order valence-electron chi connectivity index (χ2n) is 9.17. The van der Waals surface area contributed by atoms with Crippen LogP contribution in [0, 0.1) is 34.0 Å². The van der Waals surface area contributed by atoms with Crippen LogP contribution in [0.1, 0.15) is 58.3 Å². The molecule has 2 N–H and O–H groups in total. The summed E-state index contributed by atoms with van der Waals surface area (Å²) in [5.74, 6) is 2.23. The number of rotatable bonds is 0. The SMILES string of the molecule is C[C@]12CC[C@H]3[C@@H](C=C[C@@]45C[C@@H](O)CC[C@]34C5)[C@@H]1CC[C@H]2O. The fourth-order valence-corrected chi connectivity index (χ4v) is 7.43. The number of hydrogen-bond donors (Lipinski definition) is 2. The van der Waals surface area contributed by atoms with Crippen molar-refractivity contribution in [3.8, 4) is 0 Å². The van der Waals surface area contributed by atoms with Gasteiger partial charge in [-0.15, -0.1) is 0 Å². The maximum Gasteiger partial charge on any atom is 0.0596 e. The molecule has 4 fully saturated rings. The maximum absolute atomic E-state index is 10.5. The van der Waals surface area contributed by atoms with Crippen LogP contribution in [0.3, 0.4) is 0 Å². The summed E-state index contributed by atoms with van der Waals surface area (Å²) < 4.78 is 0. The Morgan fingerprint density at radius 1 is 1.00 bits per heavy atom. The fraction of sp³-hybridized carbons (Fsp3) is 0.895. The largest absolute Gasteiger partial charge is 0.393 e. The molecule has 5 aliphatic rings. The van der Waals surface area contributed by atoms with Crippen molar-refractivity contribution in [1.82, 2.24) is 0 Å². The fourth-order valence-electron chi connectivity index (χ4n) is 7.43. The molecule has 8 atom stereocenters. The molecule has 5 rings (SSSR count). The van der Waals surface area contributed by atoms with Crippen molar-refractivity contribution in [2.24, 2.45) is 34.0 Å². The van der Waals surface area contributed by atoms with E-state index in [1.165, 1.54) is 32.1 Å². The Morgan fingerprint density at radius 3 is 2.71 bits per heavy atom. The van der Waals surface area contributed by atoms with Crippen molar-refractivity contribution in [1.29, 1.82) is 0 Å². The summed E-state index contributed by atoms with van der Waals surface area (Å²) in [6.07, 6.45) is 14.2. The number of fused-ring (bicyclic) bond motifs is 3. The molecule has 2 heteroatoms. The summed E-state index contributed by atoms with van der Waals surface area (Å²) in [7, 11) is 0. The highest BCUT2D eigenvalue weighted by molar-refractivity contribution is 5.33. The first kappa shape index (κ1) is 13.1. The number of aliphatic hydroxyl groups excluding tert-OH is 2. The first-order valence-corrected chi connectivity index (χ1v) is 9.06. The van der Waals surface area contributed by atoms with Crippen molar-refractivity contribution in [3.63, 3.8) is 0 Å². The van der Waals surface area contributed by atoms with Crippen LogP contribution in [0.15, 0.2) is 12.2 Å².